The Bertz CT molecular complexity index is 596. The van der Waals surface area contributed by atoms with E-state index in [2.05, 4.69) is 32.1 Å². The number of hydrogen-bond acceptors (Lipinski definition) is 4. The summed E-state index contributed by atoms with van der Waals surface area (Å²) in [5.41, 5.74) is 8.07. The monoisotopic (exact) mass is 321 g/mol. The van der Waals surface area contributed by atoms with Crippen molar-refractivity contribution in [2.75, 3.05) is 0 Å². The quantitative estimate of drug-likeness (QED) is 0.920. The molecule has 0 amide bonds. The smallest absolute Gasteiger partial charge is 0.230 e. The van der Waals surface area contributed by atoms with E-state index < -0.39 is 0 Å². The predicted molar refractivity (Wildman–Crippen MR) is 76.7 cm³/mol. The summed E-state index contributed by atoms with van der Waals surface area (Å²) in [7, 11) is 0. The van der Waals surface area contributed by atoms with Crippen LogP contribution in [0.25, 0.3) is 11.4 Å². The molecule has 1 aromatic heterocycles. The summed E-state index contributed by atoms with van der Waals surface area (Å²) in [5.74, 6) is 1.72. The molecule has 0 radical (unpaired) electrons. The normalized spacial score (nSPS) is 22.9. The van der Waals surface area contributed by atoms with Gasteiger partial charge in [0.25, 0.3) is 0 Å². The van der Waals surface area contributed by atoms with E-state index in [1.165, 1.54) is 0 Å². The zero-order valence-corrected chi connectivity index (χ0v) is 12.4. The molecule has 1 saturated carbocycles. The minimum absolute atomic E-state index is 0.273. The third-order valence-electron chi connectivity index (χ3n) is 3.69. The van der Waals surface area contributed by atoms with Crippen molar-refractivity contribution in [2.24, 2.45) is 5.73 Å². The lowest BCUT2D eigenvalue weighted by atomic mass is 10.1. The van der Waals surface area contributed by atoms with Gasteiger partial charge in [0.15, 0.2) is 0 Å². The summed E-state index contributed by atoms with van der Waals surface area (Å²) < 4.78 is 6.46. The van der Waals surface area contributed by atoms with Gasteiger partial charge in [-0.3, -0.25) is 0 Å². The molecule has 2 aromatic rings. The van der Waals surface area contributed by atoms with Gasteiger partial charge in [0.1, 0.15) is 0 Å². The largest absolute Gasteiger partial charge is 0.339 e. The molecule has 0 aliphatic heterocycles. The lowest BCUT2D eigenvalue weighted by Gasteiger charge is -2.02. The van der Waals surface area contributed by atoms with E-state index in [0.717, 1.165) is 40.8 Å². The maximum Gasteiger partial charge on any atom is 0.230 e. The van der Waals surface area contributed by atoms with Gasteiger partial charge >= 0.3 is 0 Å². The van der Waals surface area contributed by atoms with Gasteiger partial charge in [-0.05, 0) is 49.9 Å². The molecule has 0 spiro atoms. The standard InChI is InChI=1S/C14H16BrN3O/c1-8-6-10(15)3-5-12(8)13-17-14(19-18-13)9-2-4-11(16)7-9/h3,5-6,9,11H,2,4,7,16H2,1H3/t9-,11+/m1/s1. The Balaban J connectivity index is 1.88. The van der Waals surface area contributed by atoms with Crippen LogP contribution in [0.4, 0.5) is 0 Å². The van der Waals surface area contributed by atoms with Crippen LogP contribution in [0.1, 0.15) is 36.6 Å². The number of aromatic nitrogens is 2. The van der Waals surface area contributed by atoms with E-state index in [-0.39, 0.29) is 6.04 Å². The molecule has 1 heterocycles. The highest BCUT2D eigenvalue weighted by molar-refractivity contribution is 9.10. The van der Waals surface area contributed by atoms with Crippen LogP contribution in [0, 0.1) is 6.92 Å². The van der Waals surface area contributed by atoms with Crippen LogP contribution in [0.5, 0.6) is 0 Å². The first-order valence-corrected chi connectivity index (χ1v) is 7.28. The van der Waals surface area contributed by atoms with Crippen molar-refractivity contribution in [2.45, 2.75) is 38.1 Å². The summed E-state index contributed by atoms with van der Waals surface area (Å²) in [6, 6.07) is 6.32. The van der Waals surface area contributed by atoms with Gasteiger partial charge in [0.2, 0.25) is 11.7 Å². The molecule has 1 aromatic carbocycles. The van der Waals surface area contributed by atoms with E-state index in [9.17, 15) is 0 Å². The molecule has 100 valence electrons. The molecule has 1 aliphatic rings. The SMILES string of the molecule is Cc1cc(Br)ccc1-c1noc([C@@H]2CC[C@H](N)C2)n1. The Labute approximate surface area is 120 Å². The second kappa shape index (κ2) is 5.06. The van der Waals surface area contributed by atoms with Crippen molar-refractivity contribution >= 4 is 15.9 Å². The third-order valence-corrected chi connectivity index (χ3v) is 4.19. The van der Waals surface area contributed by atoms with Crippen LogP contribution < -0.4 is 5.73 Å². The Morgan fingerprint density at radius 3 is 2.89 bits per heavy atom. The number of aryl methyl sites for hydroxylation is 1. The molecule has 19 heavy (non-hydrogen) atoms. The van der Waals surface area contributed by atoms with Crippen LogP contribution in [0.15, 0.2) is 27.2 Å². The van der Waals surface area contributed by atoms with Crippen molar-refractivity contribution < 1.29 is 4.52 Å². The van der Waals surface area contributed by atoms with Gasteiger partial charge < -0.3 is 10.3 Å². The molecule has 2 atom stereocenters. The summed E-state index contributed by atoms with van der Waals surface area (Å²) in [6.45, 7) is 2.04. The van der Waals surface area contributed by atoms with E-state index >= 15 is 0 Å². The average molecular weight is 322 g/mol. The van der Waals surface area contributed by atoms with Gasteiger partial charge in [0.05, 0.1) is 0 Å². The molecular formula is C14H16BrN3O. The van der Waals surface area contributed by atoms with E-state index in [1.807, 2.05) is 19.1 Å². The minimum atomic E-state index is 0.273. The first-order chi connectivity index (χ1) is 9.13. The van der Waals surface area contributed by atoms with Crippen molar-refractivity contribution in [3.8, 4) is 11.4 Å². The summed E-state index contributed by atoms with van der Waals surface area (Å²) in [4.78, 5) is 4.54. The Kier molecular flexibility index (Phi) is 3.41. The summed E-state index contributed by atoms with van der Waals surface area (Å²) in [6.07, 6.45) is 3.03. The first kappa shape index (κ1) is 12.8. The molecule has 0 bridgehead atoms. The van der Waals surface area contributed by atoms with Crippen LogP contribution >= 0.6 is 15.9 Å². The fourth-order valence-electron chi connectivity index (χ4n) is 2.63. The highest BCUT2D eigenvalue weighted by Crippen LogP contribution is 2.34. The zero-order chi connectivity index (χ0) is 13.4. The van der Waals surface area contributed by atoms with Crippen molar-refractivity contribution in [1.29, 1.82) is 0 Å². The number of rotatable bonds is 2. The molecule has 2 N–H and O–H groups in total. The highest BCUT2D eigenvalue weighted by Gasteiger charge is 2.28. The molecule has 0 unspecified atom stereocenters. The number of hydrogen-bond donors (Lipinski definition) is 1. The zero-order valence-electron chi connectivity index (χ0n) is 10.8. The average Bonchev–Trinajstić information content (AvgIpc) is 2.97. The topological polar surface area (TPSA) is 64.9 Å². The van der Waals surface area contributed by atoms with Crippen molar-refractivity contribution in [3.05, 3.63) is 34.1 Å². The minimum Gasteiger partial charge on any atom is -0.339 e. The predicted octanol–water partition coefficient (Wildman–Crippen LogP) is 3.40. The van der Waals surface area contributed by atoms with Crippen molar-refractivity contribution in [1.82, 2.24) is 10.1 Å². The van der Waals surface area contributed by atoms with E-state index in [1.54, 1.807) is 0 Å². The number of halogens is 1. The second-order valence-electron chi connectivity index (χ2n) is 5.19. The number of nitrogens with two attached hydrogens (primary N) is 1. The number of nitrogens with zero attached hydrogens (tertiary/aromatic N) is 2. The maximum atomic E-state index is 5.93. The lowest BCUT2D eigenvalue weighted by Crippen LogP contribution is -2.14. The van der Waals surface area contributed by atoms with Gasteiger partial charge in [-0.15, -0.1) is 0 Å². The molecule has 0 saturated heterocycles. The second-order valence-corrected chi connectivity index (χ2v) is 6.10. The van der Waals surface area contributed by atoms with E-state index in [0.29, 0.717) is 11.7 Å². The summed E-state index contributed by atoms with van der Waals surface area (Å²) in [5, 5.41) is 4.10. The molecule has 3 rings (SSSR count). The lowest BCUT2D eigenvalue weighted by molar-refractivity contribution is 0.353. The first-order valence-electron chi connectivity index (χ1n) is 6.49. The van der Waals surface area contributed by atoms with Crippen molar-refractivity contribution in [3.63, 3.8) is 0 Å². The molecule has 1 aliphatic carbocycles. The third kappa shape index (κ3) is 2.58. The molecular weight excluding hydrogens is 306 g/mol. The fraction of sp³-hybridized carbons (Fsp3) is 0.429. The fourth-order valence-corrected chi connectivity index (χ4v) is 3.10. The van der Waals surface area contributed by atoms with Crippen LogP contribution in [0.3, 0.4) is 0 Å². The number of benzene rings is 1. The van der Waals surface area contributed by atoms with Gasteiger partial charge in [-0.2, -0.15) is 4.98 Å². The maximum absolute atomic E-state index is 5.93. The van der Waals surface area contributed by atoms with Crippen LogP contribution in [0.2, 0.25) is 0 Å². The molecule has 4 nitrogen and oxygen atoms in total. The van der Waals surface area contributed by atoms with Crippen LogP contribution in [-0.4, -0.2) is 16.2 Å². The Morgan fingerprint density at radius 2 is 2.21 bits per heavy atom. The van der Waals surface area contributed by atoms with Crippen LogP contribution in [-0.2, 0) is 0 Å². The van der Waals surface area contributed by atoms with Gasteiger partial charge in [-0.25, -0.2) is 0 Å². The molecule has 5 heteroatoms. The Hall–Kier alpha value is -1.20. The Morgan fingerprint density at radius 1 is 1.37 bits per heavy atom. The van der Waals surface area contributed by atoms with Gasteiger partial charge in [0, 0.05) is 22.0 Å². The highest BCUT2D eigenvalue weighted by atomic mass is 79.9. The summed E-state index contributed by atoms with van der Waals surface area (Å²) >= 11 is 3.46. The van der Waals surface area contributed by atoms with E-state index in [4.69, 9.17) is 10.3 Å². The van der Waals surface area contributed by atoms with Gasteiger partial charge in [-0.1, -0.05) is 21.1 Å². The molecule has 1 fully saturated rings.